The van der Waals surface area contributed by atoms with Crippen molar-refractivity contribution in [3.63, 3.8) is 0 Å². The highest BCUT2D eigenvalue weighted by molar-refractivity contribution is 6.34. The fraction of sp³-hybridized carbons (Fsp3) is 0.176. The fourth-order valence-electron chi connectivity index (χ4n) is 2.49. The topological polar surface area (TPSA) is 55.8 Å². The van der Waals surface area contributed by atoms with Crippen molar-refractivity contribution in [2.45, 2.75) is 6.43 Å². The van der Waals surface area contributed by atoms with Gasteiger partial charge in [-0.05, 0) is 24.3 Å². The quantitative estimate of drug-likeness (QED) is 0.789. The third-order valence-electron chi connectivity index (χ3n) is 3.56. The molecule has 7 heteroatoms. The van der Waals surface area contributed by atoms with Gasteiger partial charge < -0.3 is 9.47 Å². The van der Waals surface area contributed by atoms with Crippen molar-refractivity contribution in [2.75, 3.05) is 18.6 Å². The highest BCUT2D eigenvalue weighted by Gasteiger charge is 2.36. The average Bonchev–Trinajstić information content (AvgIpc) is 2.84. The van der Waals surface area contributed by atoms with E-state index >= 15 is 0 Å². The lowest BCUT2D eigenvalue weighted by molar-refractivity contribution is 0.0804. The Balaban J connectivity index is 1.93. The van der Waals surface area contributed by atoms with Crippen molar-refractivity contribution >= 4 is 17.5 Å². The van der Waals surface area contributed by atoms with Crippen molar-refractivity contribution in [1.82, 2.24) is 0 Å². The number of alkyl halides is 2. The summed E-state index contributed by atoms with van der Waals surface area (Å²) in [5, 5.41) is 0. The van der Waals surface area contributed by atoms with E-state index in [1.165, 1.54) is 25.3 Å². The predicted molar refractivity (Wildman–Crippen MR) is 82.1 cm³/mol. The first-order valence-electron chi connectivity index (χ1n) is 7.09. The van der Waals surface area contributed by atoms with Crippen LogP contribution in [0.4, 0.5) is 14.5 Å². The number of benzene rings is 2. The predicted octanol–water partition coefficient (Wildman–Crippen LogP) is 3.14. The number of hydrogen-bond donors (Lipinski definition) is 0. The Morgan fingerprint density at radius 3 is 2.17 bits per heavy atom. The maximum absolute atomic E-state index is 12.4. The third kappa shape index (κ3) is 2.68. The highest BCUT2D eigenvalue weighted by atomic mass is 19.3. The smallest absolute Gasteiger partial charge is 0.272 e. The second-order valence-electron chi connectivity index (χ2n) is 5.03. The minimum absolute atomic E-state index is 0.109. The molecule has 0 unspecified atom stereocenters. The highest BCUT2D eigenvalue weighted by Crippen LogP contribution is 2.35. The van der Waals surface area contributed by atoms with Gasteiger partial charge in [0.1, 0.15) is 6.61 Å². The molecule has 124 valence electrons. The van der Waals surface area contributed by atoms with E-state index in [1.807, 2.05) is 0 Å². The van der Waals surface area contributed by atoms with Crippen LogP contribution in [0.3, 0.4) is 0 Å². The molecular formula is C17H13F2NO4. The van der Waals surface area contributed by atoms with Crippen LogP contribution in [0.5, 0.6) is 11.5 Å². The lowest BCUT2D eigenvalue weighted by atomic mass is 10.1. The van der Waals surface area contributed by atoms with E-state index in [-0.39, 0.29) is 17.2 Å². The van der Waals surface area contributed by atoms with Gasteiger partial charge in [0.2, 0.25) is 0 Å². The van der Waals surface area contributed by atoms with E-state index in [0.29, 0.717) is 11.1 Å². The lowest BCUT2D eigenvalue weighted by Gasteiger charge is -2.17. The SMILES string of the molecule is COc1cc(N2C(=O)c3ccccc3C2=O)ccc1OCC(F)F. The van der Waals surface area contributed by atoms with Crippen molar-refractivity contribution in [2.24, 2.45) is 0 Å². The molecule has 0 aliphatic carbocycles. The van der Waals surface area contributed by atoms with E-state index in [0.717, 1.165) is 4.90 Å². The molecular weight excluding hydrogens is 320 g/mol. The molecule has 24 heavy (non-hydrogen) atoms. The van der Waals surface area contributed by atoms with Gasteiger partial charge in [0.25, 0.3) is 18.2 Å². The van der Waals surface area contributed by atoms with Crippen LogP contribution in [0, 0.1) is 0 Å². The first kappa shape index (κ1) is 15.9. The van der Waals surface area contributed by atoms with Gasteiger partial charge in [-0.25, -0.2) is 13.7 Å². The average molecular weight is 333 g/mol. The van der Waals surface area contributed by atoms with Gasteiger partial charge in [0.15, 0.2) is 11.5 Å². The Labute approximate surface area is 136 Å². The molecule has 0 radical (unpaired) electrons. The lowest BCUT2D eigenvalue weighted by Crippen LogP contribution is -2.29. The molecule has 0 saturated carbocycles. The number of amides is 2. The minimum Gasteiger partial charge on any atom is -0.493 e. The molecule has 1 heterocycles. The van der Waals surface area contributed by atoms with Crippen LogP contribution in [0.15, 0.2) is 42.5 Å². The van der Waals surface area contributed by atoms with E-state index in [4.69, 9.17) is 9.47 Å². The van der Waals surface area contributed by atoms with Crippen LogP contribution in [0.25, 0.3) is 0 Å². The van der Waals surface area contributed by atoms with Crippen molar-refractivity contribution in [3.05, 3.63) is 53.6 Å². The van der Waals surface area contributed by atoms with Crippen molar-refractivity contribution in [1.29, 1.82) is 0 Å². The number of rotatable bonds is 5. The summed E-state index contributed by atoms with van der Waals surface area (Å²) in [6, 6.07) is 10.7. The summed E-state index contributed by atoms with van der Waals surface area (Å²) in [6.45, 7) is -0.775. The summed E-state index contributed by atoms with van der Waals surface area (Å²) in [7, 11) is 1.34. The molecule has 0 bridgehead atoms. The van der Waals surface area contributed by atoms with Crippen LogP contribution in [0.2, 0.25) is 0 Å². The molecule has 0 N–H and O–H groups in total. The summed E-state index contributed by atoms with van der Waals surface area (Å²) in [6.07, 6.45) is -2.62. The van der Waals surface area contributed by atoms with Crippen LogP contribution in [-0.4, -0.2) is 32.0 Å². The van der Waals surface area contributed by atoms with Crippen LogP contribution < -0.4 is 14.4 Å². The molecule has 0 fully saturated rings. The summed E-state index contributed by atoms with van der Waals surface area (Å²) in [5.41, 5.74) is 0.918. The number of ether oxygens (including phenoxy) is 2. The van der Waals surface area contributed by atoms with Crippen LogP contribution in [-0.2, 0) is 0 Å². The number of carbonyl (C=O) groups is 2. The molecule has 1 aliphatic heterocycles. The van der Waals surface area contributed by atoms with Gasteiger partial charge in [-0.15, -0.1) is 0 Å². The van der Waals surface area contributed by atoms with E-state index in [2.05, 4.69) is 0 Å². The molecule has 2 aromatic rings. The second-order valence-corrected chi connectivity index (χ2v) is 5.03. The molecule has 2 aromatic carbocycles. The van der Waals surface area contributed by atoms with Gasteiger partial charge in [0.05, 0.1) is 23.9 Å². The number of hydrogen-bond acceptors (Lipinski definition) is 4. The van der Waals surface area contributed by atoms with E-state index in [9.17, 15) is 18.4 Å². The standard InChI is InChI=1S/C17H13F2NO4/c1-23-14-8-10(6-7-13(14)24-9-15(18)19)20-16(21)11-4-2-3-5-12(11)17(20)22/h2-8,15H,9H2,1H3. The maximum Gasteiger partial charge on any atom is 0.272 e. The molecule has 5 nitrogen and oxygen atoms in total. The van der Waals surface area contributed by atoms with E-state index < -0.39 is 24.8 Å². The molecule has 2 amide bonds. The minimum atomic E-state index is -2.62. The molecule has 0 saturated heterocycles. The monoisotopic (exact) mass is 333 g/mol. The Morgan fingerprint density at radius 2 is 1.62 bits per heavy atom. The number of methoxy groups -OCH3 is 1. The Hall–Kier alpha value is -2.96. The third-order valence-corrected chi connectivity index (χ3v) is 3.56. The fourth-order valence-corrected chi connectivity index (χ4v) is 2.49. The number of nitrogens with zero attached hydrogens (tertiary/aromatic N) is 1. The first-order valence-corrected chi connectivity index (χ1v) is 7.09. The van der Waals surface area contributed by atoms with Gasteiger partial charge >= 0.3 is 0 Å². The number of fused-ring (bicyclic) bond motifs is 1. The molecule has 0 atom stereocenters. The molecule has 1 aliphatic rings. The summed E-state index contributed by atoms with van der Waals surface area (Å²) in [4.78, 5) is 25.9. The Bertz CT molecular complexity index is 772. The molecule has 0 aromatic heterocycles. The van der Waals surface area contributed by atoms with Gasteiger partial charge in [-0.3, -0.25) is 9.59 Å². The second kappa shape index (κ2) is 6.27. The van der Waals surface area contributed by atoms with Gasteiger partial charge in [-0.1, -0.05) is 12.1 Å². The Morgan fingerprint density at radius 1 is 1.00 bits per heavy atom. The number of halogens is 2. The normalized spacial score (nSPS) is 13.4. The molecule has 3 rings (SSSR count). The van der Waals surface area contributed by atoms with Gasteiger partial charge in [-0.2, -0.15) is 0 Å². The van der Waals surface area contributed by atoms with E-state index in [1.54, 1.807) is 24.3 Å². The number of imide groups is 1. The largest absolute Gasteiger partial charge is 0.493 e. The van der Waals surface area contributed by atoms with Crippen molar-refractivity contribution < 1.29 is 27.8 Å². The summed E-state index contributed by atoms with van der Waals surface area (Å²) >= 11 is 0. The number of anilines is 1. The van der Waals surface area contributed by atoms with Gasteiger partial charge in [0, 0.05) is 6.07 Å². The summed E-state index contributed by atoms with van der Waals surface area (Å²) in [5.74, 6) is -0.624. The van der Waals surface area contributed by atoms with Crippen molar-refractivity contribution in [3.8, 4) is 11.5 Å². The zero-order valence-electron chi connectivity index (χ0n) is 12.7. The Kier molecular flexibility index (Phi) is 4.16. The van der Waals surface area contributed by atoms with Crippen LogP contribution >= 0.6 is 0 Å². The summed E-state index contributed by atoms with van der Waals surface area (Å²) < 4.78 is 34.6. The first-order chi connectivity index (χ1) is 11.5. The number of carbonyl (C=O) groups excluding carboxylic acids is 2. The zero-order valence-corrected chi connectivity index (χ0v) is 12.7. The zero-order chi connectivity index (χ0) is 17.3. The molecule has 0 spiro atoms. The maximum atomic E-state index is 12.4. The van der Waals surface area contributed by atoms with Crippen LogP contribution in [0.1, 0.15) is 20.7 Å².